The Morgan fingerprint density at radius 1 is 1.32 bits per heavy atom. The van der Waals surface area contributed by atoms with E-state index in [4.69, 9.17) is 4.74 Å². The van der Waals surface area contributed by atoms with Crippen molar-refractivity contribution in [2.75, 3.05) is 46.9 Å². The van der Waals surface area contributed by atoms with Crippen molar-refractivity contribution in [3.63, 3.8) is 0 Å². The van der Waals surface area contributed by atoms with Crippen LogP contribution in [-0.2, 0) is 11.3 Å². The highest BCUT2D eigenvalue weighted by molar-refractivity contribution is 14.0. The molecule has 3 rings (SSSR count). The zero-order chi connectivity index (χ0) is 19.1. The lowest BCUT2D eigenvalue weighted by Crippen LogP contribution is -2.46. The molecule has 1 atom stereocenters. The Morgan fingerprint density at radius 2 is 2.04 bits per heavy atom. The van der Waals surface area contributed by atoms with E-state index in [0.29, 0.717) is 6.04 Å². The second-order valence-electron chi connectivity index (χ2n) is 6.72. The van der Waals surface area contributed by atoms with Gasteiger partial charge in [0.2, 0.25) is 0 Å². The molecular weight excluding hydrogens is 485 g/mol. The molecule has 0 aliphatic carbocycles. The highest BCUT2D eigenvalue weighted by Gasteiger charge is 2.23. The van der Waals surface area contributed by atoms with Crippen LogP contribution in [0.25, 0.3) is 0 Å². The number of rotatable bonds is 6. The first kappa shape index (κ1) is 23.1. The highest BCUT2D eigenvalue weighted by atomic mass is 127. The molecular formula is C20H30IN5OS. The predicted molar refractivity (Wildman–Crippen MR) is 127 cm³/mol. The Morgan fingerprint density at radius 3 is 2.64 bits per heavy atom. The number of aryl methyl sites for hydroxylation is 1. The van der Waals surface area contributed by atoms with E-state index >= 15 is 0 Å². The van der Waals surface area contributed by atoms with Crippen molar-refractivity contribution >= 4 is 41.3 Å². The van der Waals surface area contributed by atoms with E-state index in [1.165, 1.54) is 5.56 Å². The number of nitrogens with zero attached hydrogens (tertiary/aromatic N) is 4. The van der Waals surface area contributed by atoms with Gasteiger partial charge in [0.1, 0.15) is 0 Å². The van der Waals surface area contributed by atoms with Crippen LogP contribution in [0.15, 0.2) is 40.7 Å². The van der Waals surface area contributed by atoms with Gasteiger partial charge in [-0.25, -0.2) is 4.98 Å². The van der Waals surface area contributed by atoms with Crippen molar-refractivity contribution in [3.8, 4) is 0 Å². The number of morpholine rings is 1. The molecule has 1 aliphatic rings. The molecule has 0 bridgehead atoms. The molecule has 0 spiro atoms. The standard InChI is InChI=1S/C20H29N5OS.HI/c1-16-23-18(15-27-16)14-24(3)20(21-2)22-13-19(17-7-5-4-6-8-17)25-9-11-26-12-10-25;/h4-8,15,19H,9-14H2,1-3H3,(H,21,22);1H. The van der Waals surface area contributed by atoms with Crippen molar-refractivity contribution in [1.29, 1.82) is 0 Å². The lowest BCUT2D eigenvalue weighted by Gasteiger charge is -2.35. The van der Waals surface area contributed by atoms with Gasteiger partial charge in [0, 0.05) is 39.1 Å². The molecule has 8 heteroatoms. The van der Waals surface area contributed by atoms with E-state index in [-0.39, 0.29) is 24.0 Å². The minimum absolute atomic E-state index is 0. The average molecular weight is 515 g/mol. The largest absolute Gasteiger partial charge is 0.379 e. The smallest absolute Gasteiger partial charge is 0.193 e. The zero-order valence-electron chi connectivity index (χ0n) is 16.8. The van der Waals surface area contributed by atoms with Crippen LogP contribution < -0.4 is 5.32 Å². The average Bonchev–Trinajstić information content (AvgIpc) is 3.11. The van der Waals surface area contributed by atoms with Crippen LogP contribution in [0, 0.1) is 6.92 Å². The van der Waals surface area contributed by atoms with Gasteiger partial charge in [-0.1, -0.05) is 30.3 Å². The SMILES string of the molecule is CN=C(NCC(c1ccccc1)N1CCOCC1)N(C)Cc1csc(C)n1.I. The molecule has 1 unspecified atom stereocenters. The molecule has 1 aliphatic heterocycles. The van der Waals surface area contributed by atoms with Crippen LogP contribution in [0.5, 0.6) is 0 Å². The maximum Gasteiger partial charge on any atom is 0.193 e. The molecule has 2 heterocycles. The monoisotopic (exact) mass is 515 g/mol. The lowest BCUT2D eigenvalue weighted by molar-refractivity contribution is 0.0169. The fraction of sp³-hybridized carbons (Fsp3) is 0.500. The number of halogens is 1. The van der Waals surface area contributed by atoms with Gasteiger partial charge in [-0.2, -0.15) is 0 Å². The molecule has 1 aromatic heterocycles. The van der Waals surface area contributed by atoms with Gasteiger partial charge in [0.05, 0.1) is 36.5 Å². The van der Waals surface area contributed by atoms with E-state index in [9.17, 15) is 0 Å². The second kappa shape index (κ2) is 11.7. The molecule has 0 saturated carbocycles. The van der Waals surface area contributed by atoms with E-state index in [1.54, 1.807) is 11.3 Å². The number of aromatic nitrogens is 1. The lowest BCUT2D eigenvalue weighted by atomic mass is 10.0. The minimum atomic E-state index is 0. The molecule has 1 N–H and O–H groups in total. The van der Waals surface area contributed by atoms with Crippen molar-refractivity contribution in [2.24, 2.45) is 4.99 Å². The third kappa shape index (κ3) is 6.40. The van der Waals surface area contributed by atoms with E-state index in [0.717, 1.165) is 56.1 Å². The zero-order valence-corrected chi connectivity index (χ0v) is 19.9. The Hall–Kier alpha value is -1.23. The summed E-state index contributed by atoms with van der Waals surface area (Å²) in [5.74, 6) is 0.884. The minimum Gasteiger partial charge on any atom is -0.379 e. The summed E-state index contributed by atoms with van der Waals surface area (Å²) in [6, 6.07) is 11.0. The topological polar surface area (TPSA) is 53.0 Å². The summed E-state index contributed by atoms with van der Waals surface area (Å²) in [5.41, 5.74) is 2.40. The predicted octanol–water partition coefficient (Wildman–Crippen LogP) is 3.15. The van der Waals surface area contributed by atoms with Crippen molar-refractivity contribution in [3.05, 3.63) is 52.0 Å². The second-order valence-corrected chi connectivity index (χ2v) is 7.78. The van der Waals surface area contributed by atoms with E-state index in [1.807, 2.05) is 14.0 Å². The number of aliphatic imine (C=N–C) groups is 1. The van der Waals surface area contributed by atoms with Crippen LogP contribution in [0.1, 0.15) is 22.3 Å². The molecule has 1 saturated heterocycles. The first-order valence-electron chi connectivity index (χ1n) is 9.37. The number of benzene rings is 1. The number of ether oxygens (including phenoxy) is 1. The third-order valence-electron chi connectivity index (χ3n) is 4.76. The van der Waals surface area contributed by atoms with Gasteiger partial charge >= 0.3 is 0 Å². The number of hydrogen-bond donors (Lipinski definition) is 1. The number of guanidine groups is 1. The van der Waals surface area contributed by atoms with Crippen molar-refractivity contribution < 1.29 is 4.74 Å². The summed E-state index contributed by atoms with van der Waals surface area (Å²) in [4.78, 5) is 13.6. The van der Waals surface area contributed by atoms with Gasteiger partial charge in [-0.15, -0.1) is 35.3 Å². The molecule has 1 fully saturated rings. The van der Waals surface area contributed by atoms with Gasteiger partial charge in [-0.3, -0.25) is 9.89 Å². The maximum atomic E-state index is 5.54. The Bertz CT molecular complexity index is 733. The summed E-state index contributed by atoms with van der Waals surface area (Å²) in [6.07, 6.45) is 0. The Kier molecular flexibility index (Phi) is 9.63. The Labute approximate surface area is 189 Å². The number of thiazole rings is 1. The normalized spacial score (nSPS) is 16.3. The van der Waals surface area contributed by atoms with Gasteiger partial charge in [0.25, 0.3) is 0 Å². The van der Waals surface area contributed by atoms with Crippen molar-refractivity contribution in [2.45, 2.75) is 19.5 Å². The molecule has 2 aromatic rings. The van der Waals surface area contributed by atoms with Crippen molar-refractivity contribution in [1.82, 2.24) is 20.1 Å². The molecule has 1 aromatic carbocycles. The molecule has 0 amide bonds. The Balaban J connectivity index is 0.00000280. The summed E-state index contributed by atoms with van der Waals surface area (Å²) in [6.45, 7) is 7.08. The molecule has 154 valence electrons. The summed E-state index contributed by atoms with van der Waals surface area (Å²) >= 11 is 1.68. The van der Waals surface area contributed by atoms with Crippen LogP contribution in [-0.4, -0.2) is 67.7 Å². The van der Waals surface area contributed by atoms with E-state index in [2.05, 4.69) is 67.9 Å². The van der Waals surface area contributed by atoms with Crippen LogP contribution in [0.2, 0.25) is 0 Å². The van der Waals surface area contributed by atoms with E-state index < -0.39 is 0 Å². The first-order valence-corrected chi connectivity index (χ1v) is 10.2. The number of hydrogen-bond acceptors (Lipinski definition) is 5. The van der Waals surface area contributed by atoms with Crippen LogP contribution in [0.3, 0.4) is 0 Å². The first-order chi connectivity index (χ1) is 13.2. The van der Waals surface area contributed by atoms with Gasteiger partial charge < -0.3 is 15.0 Å². The molecule has 6 nitrogen and oxygen atoms in total. The third-order valence-corrected chi connectivity index (χ3v) is 5.59. The molecule has 0 radical (unpaired) electrons. The van der Waals surface area contributed by atoms with Crippen LogP contribution >= 0.6 is 35.3 Å². The van der Waals surface area contributed by atoms with Gasteiger partial charge in [-0.05, 0) is 12.5 Å². The fourth-order valence-corrected chi connectivity index (χ4v) is 4.00. The molecule has 28 heavy (non-hydrogen) atoms. The van der Waals surface area contributed by atoms with Crippen LogP contribution in [0.4, 0.5) is 0 Å². The highest BCUT2D eigenvalue weighted by Crippen LogP contribution is 2.21. The summed E-state index contributed by atoms with van der Waals surface area (Å²) in [5, 5.41) is 6.77. The fourth-order valence-electron chi connectivity index (χ4n) is 3.39. The maximum absolute atomic E-state index is 5.54. The summed E-state index contributed by atoms with van der Waals surface area (Å²) in [7, 11) is 3.88. The summed E-state index contributed by atoms with van der Waals surface area (Å²) < 4.78 is 5.54. The van der Waals surface area contributed by atoms with Gasteiger partial charge in [0.15, 0.2) is 5.96 Å². The quantitative estimate of drug-likeness (QED) is 0.364. The number of nitrogens with one attached hydrogen (secondary N) is 1.